The maximum absolute atomic E-state index is 5.78. The number of nitrogen functional groups attached to an aromatic ring is 1. The van der Waals surface area contributed by atoms with Gasteiger partial charge >= 0.3 is 0 Å². The van der Waals surface area contributed by atoms with Gasteiger partial charge in [0.1, 0.15) is 5.82 Å². The van der Waals surface area contributed by atoms with E-state index in [1.807, 2.05) is 12.1 Å². The number of nitrogens with zero attached hydrogens (tertiary/aromatic N) is 2. The third kappa shape index (κ3) is 2.91. The van der Waals surface area contributed by atoms with Crippen molar-refractivity contribution in [1.29, 1.82) is 0 Å². The van der Waals surface area contributed by atoms with Gasteiger partial charge in [-0.25, -0.2) is 4.98 Å². The van der Waals surface area contributed by atoms with E-state index < -0.39 is 0 Å². The van der Waals surface area contributed by atoms with E-state index in [-0.39, 0.29) is 0 Å². The number of morpholine rings is 1. The highest BCUT2D eigenvalue weighted by Gasteiger charge is 2.10. The first kappa shape index (κ1) is 10.4. The number of aromatic nitrogens is 1. The highest BCUT2D eigenvalue weighted by Crippen LogP contribution is 2.09. The van der Waals surface area contributed by atoms with E-state index in [1.165, 1.54) is 0 Å². The third-order valence-corrected chi connectivity index (χ3v) is 2.73. The summed E-state index contributed by atoms with van der Waals surface area (Å²) in [6, 6.07) is 3.98. The van der Waals surface area contributed by atoms with E-state index in [9.17, 15) is 0 Å². The van der Waals surface area contributed by atoms with Crippen molar-refractivity contribution in [3.63, 3.8) is 0 Å². The molecule has 2 N–H and O–H groups in total. The number of anilines is 1. The summed E-state index contributed by atoms with van der Waals surface area (Å²) in [6.07, 6.45) is 2.70. The van der Waals surface area contributed by atoms with Crippen LogP contribution in [0, 0.1) is 0 Å². The van der Waals surface area contributed by atoms with Gasteiger partial charge < -0.3 is 10.5 Å². The number of nitrogens with two attached hydrogens (primary N) is 1. The molecule has 2 heterocycles. The molecule has 1 aromatic rings. The predicted octanol–water partition coefficient (Wildman–Crippen LogP) is 0.538. The van der Waals surface area contributed by atoms with Crippen molar-refractivity contribution in [2.24, 2.45) is 0 Å². The van der Waals surface area contributed by atoms with Crippen molar-refractivity contribution < 1.29 is 4.74 Å². The SMILES string of the molecule is Nc1ncccc1CCN1CCOCC1. The second-order valence-corrected chi connectivity index (χ2v) is 3.75. The van der Waals surface area contributed by atoms with Crippen LogP contribution in [-0.2, 0) is 11.2 Å². The lowest BCUT2D eigenvalue weighted by molar-refractivity contribution is 0.0384. The van der Waals surface area contributed by atoms with Gasteiger partial charge in [0.05, 0.1) is 13.2 Å². The topological polar surface area (TPSA) is 51.4 Å². The van der Waals surface area contributed by atoms with Gasteiger partial charge in [0.2, 0.25) is 0 Å². The van der Waals surface area contributed by atoms with Crippen molar-refractivity contribution in [1.82, 2.24) is 9.88 Å². The average Bonchev–Trinajstić information content (AvgIpc) is 2.29. The number of hydrogen-bond acceptors (Lipinski definition) is 4. The molecule has 15 heavy (non-hydrogen) atoms. The van der Waals surface area contributed by atoms with E-state index in [1.54, 1.807) is 6.20 Å². The molecule has 0 aliphatic carbocycles. The molecule has 2 rings (SSSR count). The van der Waals surface area contributed by atoms with Crippen LogP contribution in [0.3, 0.4) is 0 Å². The van der Waals surface area contributed by atoms with Crippen molar-refractivity contribution in [2.45, 2.75) is 6.42 Å². The number of hydrogen-bond donors (Lipinski definition) is 1. The molecule has 0 atom stereocenters. The Kier molecular flexibility index (Phi) is 3.53. The second kappa shape index (κ2) is 5.09. The lowest BCUT2D eigenvalue weighted by Crippen LogP contribution is -2.37. The molecule has 1 aliphatic heterocycles. The molecule has 0 unspecified atom stereocenters. The molecule has 0 saturated carbocycles. The maximum Gasteiger partial charge on any atom is 0.126 e. The molecule has 4 heteroatoms. The Morgan fingerprint density at radius 3 is 2.93 bits per heavy atom. The summed E-state index contributed by atoms with van der Waals surface area (Å²) in [6.45, 7) is 4.80. The maximum atomic E-state index is 5.78. The van der Waals surface area contributed by atoms with Crippen molar-refractivity contribution in [2.75, 3.05) is 38.6 Å². The number of ether oxygens (including phenoxy) is 1. The standard InChI is InChI=1S/C11H17N3O/c12-11-10(2-1-4-13-11)3-5-14-6-8-15-9-7-14/h1-2,4H,3,5-9H2,(H2,12,13). The van der Waals surface area contributed by atoms with Gasteiger partial charge in [-0.15, -0.1) is 0 Å². The van der Waals surface area contributed by atoms with Crippen molar-refractivity contribution >= 4 is 5.82 Å². The molecule has 0 aromatic carbocycles. The van der Waals surface area contributed by atoms with Crippen LogP contribution >= 0.6 is 0 Å². The Hall–Kier alpha value is -1.13. The van der Waals surface area contributed by atoms with Crippen molar-refractivity contribution in [3.8, 4) is 0 Å². The summed E-state index contributed by atoms with van der Waals surface area (Å²) in [4.78, 5) is 6.48. The largest absolute Gasteiger partial charge is 0.383 e. The predicted molar refractivity (Wildman–Crippen MR) is 59.6 cm³/mol. The van der Waals surface area contributed by atoms with Crippen LogP contribution in [-0.4, -0.2) is 42.7 Å². The highest BCUT2D eigenvalue weighted by atomic mass is 16.5. The van der Waals surface area contributed by atoms with Crippen LogP contribution < -0.4 is 5.73 Å². The van der Waals surface area contributed by atoms with Crippen LogP contribution in [0.4, 0.5) is 5.82 Å². The molecular formula is C11H17N3O. The molecule has 1 aliphatic rings. The van der Waals surface area contributed by atoms with E-state index in [0.29, 0.717) is 5.82 Å². The van der Waals surface area contributed by atoms with Crippen LogP contribution in [0.5, 0.6) is 0 Å². The molecule has 1 aromatic heterocycles. The summed E-state index contributed by atoms with van der Waals surface area (Å²) < 4.78 is 5.30. The van der Waals surface area contributed by atoms with E-state index in [2.05, 4.69) is 9.88 Å². The first-order valence-corrected chi connectivity index (χ1v) is 5.36. The Balaban J connectivity index is 1.84. The Bertz CT molecular complexity index is 310. The fourth-order valence-electron chi connectivity index (χ4n) is 1.77. The normalized spacial score (nSPS) is 17.9. The molecule has 82 valence electrons. The van der Waals surface area contributed by atoms with Gasteiger partial charge in [-0.1, -0.05) is 6.07 Å². The van der Waals surface area contributed by atoms with Crippen LogP contribution in [0.15, 0.2) is 18.3 Å². The first-order valence-electron chi connectivity index (χ1n) is 5.36. The molecule has 0 amide bonds. The second-order valence-electron chi connectivity index (χ2n) is 3.75. The van der Waals surface area contributed by atoms with Gasteiger partial charge in [-0.05, 0) is 18.1 Å². The number of rotatable bonds is 3. The minimum absolute atomic E-state index is 0.658. The van der Waals surface area contributed by atoms with E-state index in [0.717, 1.165) is 44.8 Å². The smallest absolute Gasteiger partial charge is 0.126 e. The monoisotopic (exact) mass is 207 g/mol. The quantitative estimate of drug-likeness (QED) is 0.786. The Morgan fingerprint density at radius 2 is 2.20 bits per heavy atom. The van der Waals surface area contributed by atoms with Crippen LogP contribution in [0.25, 0.3) is 0 Å². The zero-order valence-corrected chi connectivity index (χ0v) is 8.85. The zero-order chi connectivity index (χ0) is 10.5. The molecule has 0 bridgehead atoms. The molecule has 1 fully saturated rings. The highest BCUT2D eigenvalue weighted by molar-refractivity contribution is 5.38. The van der Waals surface area contributed by atoms with Crippen molar-refractivity contribution in [3.05, 3.63) is 23.9 Å². The average molecular weight is 207 g/mol. The van der Waals surface area contributed by atoms with E-state index >= 15 is 0 Å². The summed E-state index contributed by atoms with van der Waals surface area (Å²) in [7, 11) is 0. The third-order valence-electron chi connectivity index (χ3n) is 2.73. The molecule has 0 spiro atoms. The molecule has 4 nitrogen and oxygen atoms in total. The summed E-state index contributed by atoms with van der Waals surface area (Å²) in [5, 5.41) is 0. The van der Waals surface area contributed by atoms with Gasteiger partial charge in [0.25, 0.3) is 0 Å². The van der Waals surface area contributed by atoms with Gasteiger partial charge in [0, 0.05) is 25.8 Å². The fourth-order valence-corrected chi connectivity index (χ4v) is 1.77. The zero-order valence-electron chi connectivity index (χ0n) is 8.85. The summed E-state index contributed by atoms with van der Waals surface area (Å²) in [5.41, 5.74) is 6.92. The minimum Gasteiger partial charge on any atom is -0.383 e. The minimum atomic E-state index is 0.658. The Morgan fingerprint density at radius 1 is 1.40 bits per heavy atom. The van der Waals surface area contributed by atoms with E-state index in [4.69, 9.17) is 10.5 Å². The van der Waals surface area contributed by atoms with Gasteiger partial charge in [-0.2, -0.15) is 0 Å². The lowest BCUT2D eigenvalue weighted by Gasteiger charge is -2.26. The van der Waals surface area contributed by atoms with Gasteiger partial charge in [-0.3, -0.25) is 4.90 Å². The summed E-state index contributed by atoms with van der Waals surface area (Å²) >= 11 is 0. The summed E-state index contributed by atoms with van der Waals surface area (Å²) in [5.74, 6) is 0.658. The van der Waals surface area contributed by atoms with Gasteiger partial charge in [0.15, 0.2) is 0 Å². The van der Waals surface area contributed by atoms with Crippen LogP contribution in [0.2, 0.25) is 0 Å². The lowest BCUT2D eigenvalue weighted by atomic mass is 10.2. The fraction of sp³-hybridized carbons (Fsp3) is 0.545. The van der Waals surface area contributed by atoms with Crippen LogP contribution in [0.1, 0.15) is 5.56 Å². The molecular weight excluding hydrogens is 190 g/mol. The number of pyridine rings is 1. The Labute approximate surface area is 90.0 Å². The molecule has 0 radical (unpaired) electrons. The first-order chi connectivity index (χ1) is 7.36. The molecule has 1 saturated heterocycles.